The van der Waals surface area contributed by atoms with Gasteiger partial charge in [-0.2, -0.15) is 0 Å². The number of carbonyl (C=O) groups excluding carboxylic acids is 1. The summed E-state index contributed by atoms with van der Waals surface area (Å²) in [5, 5.41) is 2.83. The maximum Gasteiger partial charge on any atom is 0.232 e. The smallest absolute Gasteiger partial charge is 0.232 e. The summed E-state index contributed by atoms with van der Waals surface area (Å²) in [5.41, 5.74) is 0.0346. The van der Waals surface area contributed by atoms with Crippen molar-refractivity contribution in [3.8, 4) is 0 Å². The van der Waals surface area contributed by atoms with Gasteiger partial charge in [0, 0.05) is 25.1 Å². The van der Waals surface area contributed by atoms with Gasteiger partial charge in [0.15, 0.2) is 11.6 Å². The maximum atomic E-state index is 13.3. The molecule has 1 aromatic rings. The van der Waals surface area contributed by atoms with E-state index in [1.165, 1.54) is 6.07 Å². The van der Waals surface area contributed by atoms with Gasteiger partial charge in [0.2, 0.25) is 15.9 Å². The summed E-state index contributed by atoms with van der Waals surface area (Å²) in [5.74, 6) is -2.04. The third kappa shape index (κ3) is 6.07. The standard InChI is InChI=1S/C16H24F2N2O3S/c1-11(2)12(3)19-16(21)6-5-9-20(24(4,22)23)13-7-8-14(17)15(18)10-13/h7-8,10-12H,5-6,9H2,1-4H3,(H,19,21)/t12-/m1/s1. The molecule has 0 bridgehead atoms. The monoisotopic (exact) mass is 362 g/mol. The van der Waals surface area contributed by atoms with Crippen molar-refractivity contribution >= 4 is 21.6 Å². The molecule has 0 aliphatic rings. The molecule has 136 valence electrons. The lowest BCUT2D eigenvalue weighted by Gasteiger charge is -2.23. The molecule has 1 rings (SSSR count). The molecule has 5 nitrogen and oxygen atoms in total. The van der Waals surface area contributed by atoms with Gasteiger partial charge in [-0.05, 0) is 31.4 Å². The van der Waals surface area contributed by atoms with Crippen molar-refractivity contribution in [1.29, 1.82) is 0 Å². The molecule has 1 N–H and O–H groups in total. The van der Waals surface area contributed by atoms with Crippen LogP contribution in [-0.4, -0.2) is 33.2 Å². The molecule has 0 unspecified atom stereocenters. The summed E-state index contributed by atoms with van der Waals surface area (Å²) in [6.45, 7) is 5.87. The average Bonchev–Trinajstić information content (AvgIpc) is 2.45. The normalized spacial score (nSPS) is 13.0. The molecule has 0 radical (unpaired) electrons. The molecule has 0 saturated carbocycles. The Morgan fingerprint density at radius 2 is 1.83 bits per heavy atom. The van der Waals surface area contributed by atoms with Gasteiger partial charge in [0.05, 0.1) is 11.9 Å². The van der Waals surface area contributed by atoms with Crippen LogP contribution in [0.5, 0.6) is 0 Å². The number of hydrogen-bond donors (Lipinski definition) is 1. The second-order valence-electron chi connectivity index (χ2n) is 6.14. The lowest BCUT2D eigenvalue weighted by Crippen LogP contribution is -2.37. The first-order valence-electron chi connectivity index (χ1n) is 7.74. The first kappa shape index (κ1) is 20.3. The average molecular weight is 362 g/mol. The number of carbonyl (C=O) groups is 1. The summed E-state index contributed by atoms with van der Waals surface area (Å²) in [4.78, 5) is 11.8. The van der Waals surface area contributed by atoms with E-state index in [4.69, 9.17) is 0 Å². The molecule has 1 amide bonds. The number of sulfonamides is 1. The fourth-order valence-electron chi connectivity index (χ4n) is 2.00. The Bertz CT molecular complexity index is 678. The van der Waals surface area contributed by atoms with Gasteiger partial charge >= 0.3 is 0 Å². The summed E-state index contributed by atoms with van der Waals surface area (Å²) in [6.07, 6.45) is 1.39. The molecule has 0 aliphatic carbocycles. The van der Waals surface area contributed by atoms with Crippen molar-refractivity contribution in [2.45, 2.75) is 39.7 Å². The number of anilines is 1. The van der Waals surface area contributed by atoms with E-state index >= 15 is 0 Å². The van der Waals surface area contributed by atoms with Gasteiger partial charge in [0.1, 0.15) is 0 Å². The highest BCUT2D eigenvalue weighted by molar-refractivity contribution is 7.92. The summed E-state index contributed by atoms with van der Waals surface area (Å²) < 4.78 is 51.1. The number of halogens is 2. The number of amides is 1. The van der Waals surface area contributed by atoms with Gasteiger partial charge in [0.25, 0.3) is 0 Å². The van der Waals surface area contributed by atoms with Crippen LogP contribution < -0.4 is 9.62 Å². The lowest BCUT2D eigenvalue weighted by molar-refractivity contribution is -0.122. The predicted octanol–water partition coefficient (Wildman–Crippen LogP) is 2.67. The summed E-state index contributed by atoms with van der Waals surface area (Å²) in [6, 6.07) is 2.92. The molecule has 0 spiro atoms. The largest absolute Gasteiger partial charge is 0.353 e. The van der Waals surface area contributed by atoms with E-state index in [1.807, 2.05) is 20.8 Å². The molecule has 0 saturated heterocycles. The van der Waals surface area contributed by atoms with Crippen LogP contribution in [0, 0.1) is 17.6 Å². The lowest BCUT2D eigenvalue weighted by atomic mass is 10.1. The number of nitrogens with zero attached hydrogens (tertiary/aromatic N) is 1. The second kappa shape index (κ2) is 8.41. The van der Waals surface area contributed by atoms with Gasteiger partial charge < -0.3 is 5.32 Å². The number of benzene rings is 1. The third-order valence-corrected chi connectivity index (χ3v) is 4.94. The van der Waals surface area contributed by atoms with E-state index in [0.29, 0.717) is 5.92 Å². The highest BCUT2D eigenvalue weighted by atomic mass is 32.2. The quantitative estimate of drug-likeness (QED) is 0.773. The number of nitrogens with one attached hydrogen (secondary N) is 1. The molecule has 0 fully saturated rings. The van der Waals surface area contributed by atoms with Crippen molar-refractivity contribution < 1.29 is 22.0 Å². The molecule has 1 aromatic carbocycles. The van der Waals surface area contributed by atoms with Crippen LogP contribution in [0.25, 0.3) is 0 Å². The van der Waals surface area contributed by atoms with Crippen LogP contribution in [-0.2, 0) is 14.8 Å². The Morgan fingerprint density at radius 1 is 1.21 bits per heavy atom. The van der Waals surface area contributed by atoms with Gasteiger partial charge in [-0.3, -0.25) is 9.10 Å². The number of rotatable bonds is 8. The van der Waals surface area contributed by atoms with E-state index in [9.17, 15) is 22.0 Å². The Kier molecular flexibility index (Phi) is 7.13. The van der Waals surface area contributed by atoms with E-state index in [0.717, 1.165) is 22.7 Å². The fraction of sp³-hybridized carbons (Fsp3) is 0.562. The Hall–Kier alpha value is -1.70. The Balaban J connectivity index is 2.72. The predicted molar refractivity (Wildman–Crippen MR) is 90.2 cm³/mol. The van der Waals surface area contributed by atoms with Crippen LogP contribution in [0.2, 0.25) is 0 Å². The topological polar surface area (TPSA) is 66.5 Å². The van der Waals surface area contributed by atoms with Gasteiger partial charge in [-0.25, -0.2) is 17.2 Å². The van der Waals surface area contributed by atoms with Crippen LogP contribution >= 0.6 is 0 Å². The minimum Gasteiger partial charge on any atom is -0.353 e. The molecule has 24 heavy (non-hydrogen) atoms. The van der Waals surface area contributed by atoms with E-state index < -0.39 is 21.7 Å². The molecule has 8 heteroatoms. The molecular weight excluding hydrogens is 338 g/mol. The van der Waals surface area contributed by atoms with Crippen LogP contribution in [0.15, 0.2) is 18.2 Å². The Labute approximate surface area is 142 Å². The maximum absolute atomic E-state index is 13.3. The van der Waals surface area contributed by atoms with Gasteiger partial charge in [-0.15, -0.1) is 0 Å². The zero-order chi connectivity index (χ0) is 18.5. The second-order valence-corrected chi connectivity index (χ2v) is 8.04. The third-order valence-electron chi connectivity index (χ3n) is 3.75. The SMILES string of the molecule is CC(C)[C@@H](C)NC(=O)CCCN(c1ccc(F)c(F)c1)S(C)(=O)=O. The van der Waals surface area contributed by atoms with E-state index in [-0.39, 0.29) is 37.0 Å². The van der Waals surface area contributed by atoms with E-state index in [2.05, 4.69) is 5.32 Å². The van der Waals surface area contributed by atoms with Crippen molar-refractivity contribution in [1.82, 2.24) is 5.32 Å². The number of hydrogen-bond acceptors (Lipinski definition) is 3. The summed E-state index contributed by atoms with van der Waals surface area (Å²) >= 11 is 0. The molecular formula is C16H24F2N2O3S. The molecule has 0 heterocycles. The highest BCUT2D eigenvalue weighted by Gasteiger charge is 2.19. The zero-order valence-electron chi connectivity index (χ0n) is 14.3. The van der Waals surface area contributed by atoms with Gasteiger partial charge in [-0.1, -0.05) is 13.8 Å². The minimum atomic E-state index is -3.67. The summed E-state index contributed by atoms with van der Waals surface area (Å²) in [7, 11) is -3.67. The van der Waals surface area contributed by atoms with Crippen molar-refractivity contribution in [3.63, 3.8) is 0 Å². The van der Waals surface area contributed by atoms with Crippen LogP contribution in [0.3, 0.4) is 0 Å². The fourth-order valence-corrected chi connectivity index (χ4v) is 2.96. The van der Waals surface area contributed by atoms with Crippen molar-refractivity contribution in [2.75, 3.05) is 17.1 Å². The first-order valence-corrected chi connectivity index (χ1v) is 9.59. The molecule has 0 aliphatic heterocycles. The van der Waals surface area contributed by atoms with E-state index in [1.54, 1.807) is 0 Å². The zero-order valence-corrected chi connectivity index (χ0v) is 15.2. The van der Waals surface area contributed by atoms with Crippen molar-refractivity contribution in [3.05, 3.63) is 29.8 Å². The van der Waals surface area contributed by atoms with Crippen LogP contribution in [0.4, 0.5) is 14.5 Å². The van der Waals surface area contributed by atoms with Crippen molar-refractivity contribution in [2.24, 2.45) is 5.92 Å². The minimum absolute atomic E-state index is 0.00733. The highest BCUT2D eigenvalue weighted by Crippen LogP contribution is 2.21. The van der Waals surface area contributed by atoms with Crippen LogP contribution in [0.1, 0.15) is 33.6 Å². The molecule has 1 atom stereocenters. The molecule has 0 aromatic heterocycles. The first-order chi connectivity index (χ1) is 11.0. The Morgan fingerprint density at radius 3 is 2.33 bits per heavy atom.